The summed E-state index contributed by atoms with van der Waals surface area (Å²) in [6, 6.07) is 4.86. The number of hydrogen-bond donors (Lipinski definition) is 0. The summed E-state index contributed by atoms with van der Waals surface area (Å²) in [5.41, 5.74) is 0.825. The summed E-state index contributed by atoms with van der Waals surface area (Å²) in [4.78, 5) is 0. The van der Waals surface area contributed by atoms with Crippen LogP contribution in [0.1, 0.15) is 33.3 Å². The molecule has 4 heteroatoms. The molecular formula is C13H18BFO2. The summed E-state index contributed by atoms with van der Waals surface area (Å²) < 4.78 is 25.1. The van der Waals surface area contributed by atoms with Crippen molar-refractivity contribution in [2.24, 2.45) is 0 Å². The van der Waals surface area contributed by atoms with Crippen molar-refractivity contribution in [3.8, 4) is 0 Å². The number of halogens is 1. The van der Waals surface area contributed by atoms with Gasteiger partial charge in [0.05, 0.1) is 11.2 Å². The van der Waals surface area contributed by atoms with Crippen molar-refractivity contribution in [3.63, 3.8) is 0 Å². The van der Waals surface area contributed by atoms with Crippen LogP contribution < -0.4 is 5.46 Å². The van der Waals surface area contributed by atoms with Crippen LogP contribution in [0.3, 0.4) is 0 Å². The number of hydrogen-bond acceptors (Lipinski definition) is 2. The van der Waals surface area contributed by atoms with Crippen LogP contribution in [0.5, 0.6) is 0 Å². The highest BCUT2D eigenvalue weighted by Crippen LogP contribution is 2.36. The maximum absolute atomic E-state index is 13.4. The number of rotatable bonds is 1. The van der Waals surface area contributed by atoms with Crippen LogP contribution in [0.4, 0.5) is 4.39 Å². The molecule has 17 heavy (non-hydrogen) atoms. The van der Waals surface area contributed by atoms with Crippen LogP contribution in [0, 0.1) is 12.7 Å². The van der Waals surface area contributed by atoms with E-state index in [-0.39, 0.29) is 5.82 Å². The predicted molar refractivity (Wildman–Crippen MR) is 66.9 cm³/mol. The van der Waals surface area contributed by atoms with E-state index >= 15 is 0 Å². The van der Waals surface area contributed by atoms with E-state index in [1.165, 1.54) is 12.1 Å². The summed E-state index contributed by atoms with van der Waals surface area (Å²) in [5.74, 6) is -0.255. The lowest BCUT2D eigenvalue weighted by molar-refractivity contribution is 0.00578. The Balaban J connectivity index is 2.32. The predicted octanol–water partition coefficient (Wildman–Crippen LogP) is 2.43. The Morgan fingerprint density at radius 1 is 1.00 bits per heavy atom. The van der Waals surface area contributed by atoms with Gasteiger partial charge >= 0.3 is 7.12 Å². The van der Waals surface area contributed by atoms with Crippen molar-refractivity contribution >= 4 is 12.6 Å². The zero-order valence-electron chi connectivity index (χ0n) is 11.0. The summed E-state index contributed by atoms with van der Waals surface area (Å²) in [7, 11) is -0.491. The van der Waals surface area contributed by atoms with Gasteiger partial charge in [-0.3, -0.25) is 0 Å². The summed E-state index contributed by atoms with van der Waals surface area (Å²) in [6.07, 6.45) is 0. The molecule has 1 aromatic rings. The van der Waals surface area contributed by atoms with Crippen LogP contribution in [-0.2, 0) is 9.31 Å². The van der Waals surface area contributed by atoms with Crippen molar-refractivity contribution in [2.45, 2.75) is 45.8 Å². The fourth-order valence-electron chi connectivity index (χ4n) is 1.88. The molecule has 0 bridgehead atoms. The van der Waals surface area contributed by atoms with Crippen LogP contribution in [0.15, 0.2) is 18.2 Å². The third kappa shape index (κ3) is 2.24. The van der Waals surface area contributed by atoms with Crippen molar-refractivity contribution in [1.29, 1.82) is 0 Å². The van der Waals surface area contributed by atoms with Gasteiger partial charge in [0.15, 0.2) is 0 Å². The molecule has 0 radical (unpaired) electrons. The molecule has 0 unspecified atom stereocenters. The van der Waals surface area contributed by atoms with Gasteiger partial charge in [0.2, 0.25) is 0 Å². The van der Waals surface area contributed by atoms with Crippen LogP contribution in [-0.4, -0.2) is 18.3 Å². The Morgan fingerprint density at radius 3 is 2.00 bits per heavy atom. The molecule has 0 atom stereocenters. The topological polar surface area (TPSA) is 18.5 Å². The fraction of sp³-hybridized carbons (Fsp3) is 0.538. The minimum Gasteiger partial charge on any atom is -0.399 e. The third-order valence-corrected chi connectivity index (χ3v) is 3.59. The van der Waals surface area contributed by atoms with E-state index in [1.54, 1.807) is 0 Å². The highest BCUT2D eigenvalue weighted by Gasteiger charge is 2.51. The lowest BCUT2D eigenvalue weighted by atomic mass is 9.78. The van der Waals surface area contributed by atoms with Gasteiger partial charge in [-0.05, 0) is 57.8 Å². The molecule has 92 valence electrons. The smallest absolute Gasteiger partial charge is 0.399 e. The molecule has 2 nitrogen and oxygen atoms in total. The Labute approximate surface area is 102 Å². The average molecular weight is 236 g/mol. The van der Waals surface area contributed by atoms with Gasteiger partial charge in [0.25, 0.3) is 0 Å². The lowest BCUT2D eigenvalue weighted by Crippen LogP contribution is -2.41. The van der Waals surface area contributed by atoms with Gasteiger partial charge in [-0.2, -0.15) is 0 Å². The normalized spacial score (nSPS) is 21.9. The maximum atomic E-state index is 13.4. The molecule has 1 saturated heterocycles. The van der Waals surface area contributed by atoms with Gasteiger partial charge in [0.1, 0.15) is 5.82 Å². The Morgan fingerprint density at radius 2 is 1.53 bits per heavy atom. The fourth-order valence-corrected chi connectivity index (χ4v) is 1.88. The van der Waals surface area contributed by atoms with Crippen LogP contribution >= 0.6 is 0 Å². The van der Waals surface area contributed by atoms with E-state index in [0.717, 1.165) is 11.0 Å². The van der Waals surface area contributed by atoms with E-state index in [2.05, 4.69) is 0 Å². The van der Waals surface area contributed by atoms with E-state index in [1.807, 2.05) is 40.7 Å². The molecule has 0 saturated carbocycles. The lowest BCUT2D eigenvalue weighted by Gasteiger charge is -2.32. The summed E-state index contributed by atoms with van der Waals surface area (Å²) in [6.45, 7) is 9.80. The van der Waals surface area contributed by atoms with Crippen LogP contribution in [0.2, 0.25) is 0 Å². The first-order valence-corrected chi connectivity index (χ1v) is 5.84. The minimum atomic E-state index is -0.491. The second-order valence-corrected chi connectivity index (χ2v) is 5.65. The first kappa shape index (κ1) is 12.6. The molecule has 1 aliphatic rings. The SMILES string of the molecule is Cc1cc(F)cc(B2OC(C)(C)C(C)(C)O2)c1. The molecule has 1 aromatic carbocycles. The van der Waals surface area contributed by atoms with Crippen molar-refractivity contribution in [3.05, 3.63) is 29.6 Å². The first-order valence-electron chi connectivity index (χ1n) is 5.84. The Hall–Kier alpha value is -0.865. The molecule has 1 heterocycles. The molecular weight excluding hydrogens is 218 g/mol. The third-order valence-electron chi connectivity index (χ3n) is 3.59. The van der Waals surface area contributed by atoms with Crippen molar-refractivity contribution in [1.82, 2.24) is 0 Å². The van der Waals surface area contributed by atoms with Gasteiger partial charge in [0, 0.05) is 0 Å². The molecule has 1 aliphatic heterocycles. The minimum absolute atomic E-state index is 0.255. The van der Waals surface area contributed by atoms with Gasteiger partial charge in [-0.15, -0.1) is 0 Å². The van der Waals surface area contributed by atoms with Crippen LogP contribution in [0.25, 0.3) is 0 Å². The standard InChI is InChI=1S/C13H18BFO2/c1-9-6-10(8-11(15)7-9)14-16-12(2,3)13(4,5)17-14/h6-8H,1-5H3. The molecule has 0 amide bonds. The molecule has 2 rings (SSSR count). The van der Waals surface area contributed by atoms with Crippen molar-refractivity contribution in [2.75, 3.05) is 0 Å². The Bertz CT molecular complexity index is 407. The van der Waals surface area contributed by atoms with Gasteiger partial charge in [-0.1, -0.05) is 6.07 Å². The second-order valence-electron chi connectivity index (χ2n) is 5.65. The van der Waals surface area contributed by atoms with Gasteiger partial charge in [-0.25, -0.2) is 4.39 Å². The molecule has 0 N–H and O–H groups in total. The number of benzene rings is 1. The quantitative estimate of drug-likeness (QED) is 0.697. The van der Waals surface area contributed by atoms with E-state index in [4.69, 9.17) is 9.31 Å². The van der Waals surface area contributed by atoms with E-state index in [0.29, 0.717) is 0 Å². The largest absolute Gasteiger partial charge is 0.494 e. The molecule has 0 aromatic heterocycles. The highest BCUT2D eigenvalue weighted by atomic mass is 19.1. The summed E-state index contributed by atoms with van der Waals surface area (Å²) in [5, 5.41) is 0. The second kappa shape index (κ2) is 3.82. The monoisotopic (exact) mass is 236 g/mol. The summed E-state index contributed by atoms with van der Waals surface area (Å²) >= 11 is 0. The van der Waals surface area contributed by atoms with E-state index in [9.17, 15) is 4.39 Å². The number of aryl methyl sites for hydroxylation is 1. The molecule has 1 fully saturated rings. The molecule has 0 spiro atoms. The Kier molecular flexibility index (Phi) is 2.83. The van der Waals surface area contributed by atoms with Gasteiger partial charge < -0.3 is 9.31 Å². The zero-order chi connectivity index (χ0) is 12.8. The van der Waals surface area contributed by atoms with E-state index < -0.39 is 18.3 Å². The average Bonchev–Trinajstić information content (AvgIpc) is 2.34. The first-order chi connectivity index (χ1) is 7.71. The highest BCUT2D eigenvalue weighted by molar-refractivity contribution is 6.62. The van der Waals surface area contributed by atoms with Crippen molar-refractivity contribution < 1.29 is 13.7 Å². The maximum Gasteiger partial charge on any atom is 0.494 e. The zero-order valence-corrected chi connectivity index (χ0v) is 11.0. The molecule has 0 aliphatic carbocycles.